The average Bonchev–Trinajstić information content (AvgIpc) is 3.68. The zero-order valence-corrected chi connectivity index (χ0v) is 23.3. The van der Waals surface area contributed by atoms with Gasteiger partial charge in [-0.2, -0.15) is 0 Å². The Morgan fingerprint density at radius 3 is 2.26 bits per heavy atom. The van der Waals surface area contributed by atoms with E-state index in [1.807, 2.05) is 57.2 Å². The summed E-state index contributed by atoms with van der Waals surface area (Å²) in [4.78, 5) is 30.2. The van der Waals surface area contributed by atoms with Crippen molar-refractivity contribution in [2.75, 3.05) is 5.32 Å². The summed E-state index contributed by atoms with van der Waals surface area (Å²) in [6, 6.07) is 20.6. The highest BCUT2D eigenvalue weighted by atomic mass is 16.2. The summed E-state index contributed by atoms with van der Waals surface area (Å²) in [5.41, 5.74) is 11.3. The lowest BCUT2D eigenvalue weighted by Gasteiger charge is -2.29. The van der Waals surface area contributed by atoms with Gasteiger partial charge in [-0.3, -0.25) is 14.6 Å². The van der Waals surface area contributed by atoms with Crippen LogP contribution in [0.15, 0.2) is 66.9 Å². The Hall–Kier alpha value is -3.51. The van der Waals surface area contributed by atoms with Crippen molar-refractivity contribution in [3.63, 3.8) is 0 Å². The number of carbonyl (C=O) groups excluding carboxylic acids is 2. The molecule has 0 bridgehead atoms. The second kappa shape index (κ2) is 10.9. The van der Waals surface area contributed by atoms with Crippen molar-refractivity contribution >= 4 is 17.5 Å². The second-order valence-electron chi connectivity index (χ2n) is 12.3. The van der Waals surface area contributed by atoms with Crippen LogP contribution in [-0.2, 0) is 15.1 Å². The molecule has 0 spiro atoms. The van der Waals surface area contributed by atoms with Crippen LogP contribution in [0.25, 0.3) is 22.4 Å². The largest absolute Gasteiger partial charge is 0.353 e. The molecule has 2 fully saturated rings. The lowest BCUT2D eigenvalue weighted by Crippen LogP contribution is -2.41. The summed E-state index contributed by atoms with van der Waals surface area (Å²) in [7, 11) is 0. The number of aromatic nitrogens is 1. The maximum atomic E-state index is 13.0. The molecule has 2 amide bonds. The third-order valence-corrected chi connectivity index (χ3v) is 8.36. The van der Waals surface area contributed by atoms with Gasteiger partial charge in [0.15, 0.2) is 0 Å². The lowest BCUT2D eigenvalue weighted by molar-refractivity contribution is -0.127. The van der Waals surface area contributed by atoms with Crippen molar-refractivity contribution in [3.8, 4) is 22.4 Å². The SMILES string of the molecule is CC1(C(=O)N[C@H]2CC[C@H](CC(=O)Nc3cnc(-c4ccc(C(C)(C)N)cc4)c(-c4ccccc4)c3)CC2)CC1. The fourth-order valence-electron chi connectivity index (χ4n) is 5.42. The summed E-state index contributed by atoms with van der Waals surface area (Å²) in [6.45, 7) is 6.03. The number of hydrogen-bond donors (Lipinski definition) is 3. The zero-order valence-electron chi connectivity index (χ0n) is 23.3. The molecule has 6 nitrogen and oxygen atoms in total. The van der Waals surface area contributed by atoms with E-state index in [0.29, 0.717) is 18.0 Å². The number of hydrogen-bond acceptors (Lipinski definition) is 4. The van der Waals surface area contributed by atoms with Gasteiger partial charge < -0.3 is 16.4 Å². The first-order valence-corrected chi connectivity index (χ1v) is 14.2. The number of anilines is 1. The monoisotopic (exact) mass is 524 g/mol. The fraction of sp³-hybridized carbons (Fsp3) is 0.424. The van der Waals surface area contributed by atoms with Gasteiger partial charge in [0.25, 0.3) is 0 Å². The fourth-order valence-corrected chi connectivity index (χ4v) is 5.42. The minimum Gasteiger partial charge on any atom is -0.353 e. The number of carbonyl (C=O) groups is 2. The molecule has 4 N–H and O–H groups in total. The molecule has 204 valence electrons. The van der Waals surface area contributed by atoms with Gasteiger partial charge in [-0.05, 0) is 75.5 Å². The Balaban J connectivity index is 1.25. The Morgan fingerprint density at radius 1 is 0.974 bits per heavy atom. The summed E-state index contributed by atoms with van der Waals surface area (Å²) in [6.07, 6.45) is 8.00. The third-order valence-electron chi connectivity index (χ3n) is 8.36. The molecule has 2 aliphatic carbocycles. The summed E-state index contributed by atoms with van der Waals surface area (Å²) < 4.78 is 0. The minimum atomic E-state index is -0.412. The van der Waals surface area contributed by atoms with E-state index in [9.17, 15) is 9.59 Å². The quantitative estimate of drug-likeness (QED) is 0.317. The molecule has 2 saturated carbocycles. The molecule has 39 heavy (non-hydrogen) atoms. The highest BCUT2D eigenvalue weighted by Gasteiger charge is 2.45. The normalized spacial score (nSPS) is 20.2. The maximum absolute atomic E-state index is 13.0. The van der Waals surface area contributed by atoms with Gasteiger partial charge in [-0.15, -0.1) is 0 Å². The van der Waals surface area contributed by atoms with Gasteiger partial charge in [0.1, 0.15) is 0 Å². The maximum Gasteiger partial charge on any atom is 0.226 e. The average molecular weight is 525 g/mol. The summed E-state index contributed by atoms with van der Waals surface area (Å²) >= 11 is 0. The van der Waals surface area contributed by atoms with Crippen LogP contribution in [0.2, 0.25) is 0 Å². The van der Waals surface area contributed by atoms with E-state index in [1.54, 1.807) is 6.20 Å². The van der Waals surface area contributed by atoms with Crippen LogP contribution in [0, 0.1) is 11.3 Å². The van der Waals surface area contributed by atoms with Crippen molar-refractivity contribution in [1.29, 1.82) is 0 Å². The Kier molecular flexibility index (Phi) is 7.59. The number of nitrogens with zero attached hydrogens (tertiary/aromatic N) is 1. The van der Waals surface area contributed by atoms with Crippen LogP contribution < -0.4 is 16.4 Å². The van der Waals surface area contributed by atoms with Gasteiger partial charge in [0, 0.05) is 34.5 Å². The van der Waals surface area contributed by atoms with Crippen LogP contribution in [0.4, 0.5) is 5.69 Å². The van der Waals surface area contributed by atoms with Crippen molar-refractivity contribution in [2.45, 2.75) is 77.3 Å². The first kappa shape index (κ1) is 27.1. The molecule has 0 radical (unpaired) electrons. The molecule has 1 aromatic heterocycles. The molecule has 3 aromatic rings. The molecule has 2 aromatic carbocycles. The first-order chi connectivity index (χ1) is 18.6. The van der Waals surface area contributed by atoms with Gasteiger partial charge in [-0.1, -0.05) is 61.5 Å². The molecule has 1 heterocycles. The van der Waals surface area contributed by atoms with Crippen molar-refractivity contribution < 1.29 is 9.59 Å². The van der Waals surface area contributed by atoms with E-state index < -0.39 is 5.54 Å². The van der Waals surface area contributed by atoms with Crippen molar-refractivity contribution in [2.24, 2.45) is 17.1 Å². The van der Waals surface area contributed by atoms with Gasteiger partial charge in [-0.25, -0.2) is 0 Å². The molecule has 2 aliphatic rings. The Morgan fingerprint density at radius 2 is 1.64 bits per heavy atom. The lowest BCUT2D eigenvalue weighted by atomic mass is 9.83. The molecule has 0 aliphatic heterocycles. The number of benzene rings is 2. The minimum absolute atomic E-state index is 0.0102. The van der Waals surface area contributed by atoms with Crippen LogP contribution in [0.5, 0.6) is 0 Å². The van der Waals surface area contributed by atoms with E-state index >= 15 is 0 Å². The molecule has 6 heteroatoms. The second-order valence-corrected chi connectivity index (χ2v) is 12.3. The summed E-state index contributed by atoms with van der Waals surface area (Å²) in [5, 5.41) is 6.32. The number of nitrogens with one attached hydrogen (secondary N) is 2. The number of nitrogens with two attached hydrogens (primary N) is 1. The molecule has 0 saturated heterocycles. The number of amides is 2. The van der Waals surface area contributed by atoms with Crippen molar-refractivity contribution in [3.05, 3.63) is 72.4 Å². The van der Waals surface area contributed by atoms with E-state index in [-0.39, 0.29) is 23.3 Å². The van der Waals surface area contributed by atoms with Gasteiger partial charge in [0.2, 0.25) is 11.8 Å². The third kappa shape index (κ3) is 6.56. The van der Waals surface area contributed by atoms with Gasteiger partial charge in [0.05, 0.1) is 17.6 Å². The molecule has 0 unspecified atom stereocenters. The Bertz CT molecular complexity index is 1320. The van der Waals surface area contributed by atoms with Crippen LogP contribution in [-0.4, -0.2) is 22.8 Å². The number of rotatable bonds is 8. The smallest absolute Gasteiger partial charge is 0.226 e. The summed E-state index contributed by atoms with van der Waals surface area (Å²) in [5.74, 6) is 0.546. The molecular weight excluding hydrogens is 484 g/mol. The van der Waals surface area contributed by atoms with Crippen LogP contribution in [0.3, 0.4) is 0 Å². The van der Waals surface area contributed by atoms with E-state index in [0.717, 1.165) is 66.5 Å². The van der Waals surface area contributed by atoms with Crippen molar-refractivity contribution in [1.82, 2.24) is 10.3 Å². The molecular formula is C33H40N4O2. The predicted molar refractivity (Wildman–Crippen MR) is 157 cm³/mol. The van der Waals surface area contributed by atoms with E-state index in [1.165, 1.54) is 0 Å². The van der Waals surface area contributed by atoms with E-state index in [4.69, 9.17) is 10.7 Å². The van der Waals surface area contributed by atoms with Crippen LogP contribution >= 0.6 is 0 Å². The topological polar surface area (TPSA) is 97.1 Å². The Labute approximate surface area is 231 Å². The number of pyridine rings is 1. The van der Waals surface area contributed by atoms with Crippen LogP contribution in [0.1, 0.15) is 71.3 Å². The highest BCUT2D eigenvalue weighted by molar-refractivity contribution is 5.93. The highest BCUT2D eigenvalue weighted by Crippen LogP contribution is 2.45. The predicted octanol–water partition coefficient (Wildman–Crippen LogP) is 6.41. The molecule has 0 atom stereocenters. The van der Waals surface area contributed by atoms with E-state index in [2.05, 4.69) is 34.9 Å². The first-order valence-electron chi connectivity index (χ1n) is 14.2. The zero-order chi connectivity index (χ0) is 27.6. The standard InChI is InChI=1S/C33H40N4O2/c1-32(2,34)25-13-11-24(12-14-25)30-28(23-7-5-4-6-8-23)20-27(21-35-30)36-29(38)19-22-9-15-26(16-10-22)37-31(39)33(3)17-18-33/h4-8,11-14,20-22,26H,9-10,15-19,34H2,1-3H3,(H,36,38)(H,37,39)/t22-,26-. The molecule has 5 rings (SSSR count). The van der Waals surface area contributed by atoms with Gasteiger partial charge >= 0.3 is 0 Å².